The van der Waals surface area contributed by atoms with Crippen LogP contribution in [0.5, 0.6) is 0 Å². The fourth-order valence-corrected chi connectivity index (χ4v) is 1.69. The number of rotatable bonds is 2. The van der Waals surface area contributed by atoms with E-state index >= 15 is 0 Å². The Morgan fingerprint density at radius 3 is 2.40 bits per heavy atom. The van der Waals surface area contributed by atoms with Crippen LogP contribution in [-0.4, -0.2) is 23.1 Å². The lowest BCUT2D eigenvalue weighted by Crippen LogP contribution is -2.26. The maximum atomic E-state index is 11.4. The quantitative estimate of drug-likeness (QED) is 0.679. The van der Waals surface area contributed by atoms with Crippen molar-refractivity contribution in [2.45, 2.75) is 19.9 Å². The Labute approximate surface area is 88.7 Å². The molecule has 3 nitrogen and oxygen atoms in total. The van der Waals surface area contributed by atoms with E-state index in [-0.39, 0.29) is 11.7 Å². The molecule has 1 aromatic rings. The Morgan fingerprint density at radius 1 is 1.20 bits per heavy atom. The summed E-state index contributed by atoms with van der Waals surface area (Å²) in [6, 6.07) is 8.01. The van der Waals surface area contributed by atoms with Gasteiger partial charge in [0.15, 0.2) is 0 Å². The van der Waals surface area contributed by atoms with Crippen LogP contribution in [0.2, 0.25) is 0 Å². The van der Waals surface area contributed by atoms with Crippen LogP contribution in [0.25, 0.3) is 0 Å². The summed E-state index contributed by atoms with van der Waals surface area (Å²) in [6.45, 7) is 3.13. The second kappa shape index (κ2) is 3.85. The lowest BCUT2D eigenvalue weighted by atomic mass is 10.1. The predicted molar refractivity (Wildman–Crippen MR) is 56.2 cm³/mol. The first-order valence-electron chi connectivity index (χ1n) is 5.04. The third kappa shape index (κ3) is 2.06. The molecule has 0 N–H and O–H groups in total. The van der Waals surface area contributed by atoms with Gasteiger partial charge < -0.3 is 4.90 Å². The molecule has 2 rings (SSSR count). The van der Waals surface area contributed by atoms with Gasteiger partial charge in [0.05, 0.1) is 0 Å². The number of carbonyl (C=O) groups excluding carboxylic acids is 2. The first-order chi connectivity index (χ1) is 7.16. The molecule has 1 aliphatic heterocycles. The standard InChI is InChI=1S/C12H13NO2/c1-9-2-4-10(5-3-9)8-13-7-6-11(14)12(13)15/h2-5H,6-8H2,1H3. The van der Waals surface area contributed by atoms with E-state index in [0.29, 0.717) is 19.5 Å². The molecular formula is C12H13NO2. The lowest BCUT2D eigenvalue weighted by Gasteiger charge is -2.14. The molecule has 0 aliphatic carbocycles. The fourth-order valence-electron chi connectivity index (χ4n) is 1.69. The van der Waals surface area contributed by atoms with Crippen LogP contribution in [0.15, 0.2) is 24.3 Å². The van der Waals surface area contributed by atoms with Gasteiger partial charge in [-0.15, -0.1) is 0 Å². The van der Waals surface area contributed by atoms with Crippen molar-refractivity contribution in [2.24, 2.45) is 0 Å². The van der Waals surface area contributed by atoms with E-state index in [1.54, 1.807) is 4.90 Å². The molecule has 15 heavy (non-hydrogen) atoms. The molecule has 1 aromatic carbocycles. The molecule has 0 radical (unpaired) electrons. The van der Waals surface area contributed by atoms with Gasteiger partial charge in [-0.05, 0) is 12.5 Å². The average Bonchev–Trinajstić information content (AvgIpc) is 2.53. The van der Waals surface area contributed by atoms with E-state index in [9.17, 15) is 9.59 Å². The molecule has 0 bridgehead atoms. The number of likely N-dealkylation sites (tertiary alicyclic amines) is 1. The minimum absolute atomic E-state index is 0.262. The molecule has 0 atom stereocenters. The third-order valence-electron chi connectivity index (χ3n) is 2.63. The molecule has 3 heteroatoms. The number of nitrogens with zero attached hydrogens (tertiary/aromatic N) is 1. The highest BCUT2D eigenvalue weighted by Crippen LogP contribution is 2.12. The van der Waals surface area contributed by atoms with Gasteiger partial charge in [0.1, 0.15) is 0 Å². The summed E-state index contributed by atoms with van der Waals surface area (Å²) in [6.07, 6.45) is 0.366. The number of aryl methyl sites for hydroxylation is 1. The molecule has 0 spiro atoms. The Bertz CT molecular complexity index is 395. The molecule has 0 aromatic heterocycles. The van der Waals surface area contributed by atoms with Crippen LogP contribution >= 0.6 is 0 Å². The van der Waals surface area contributed by atoms with Crippen molar-refractivity contribution in [1.29, 1.82) is 0 Å². The summed E-state index contributed by atoms with van der Waals surface area (Å²) in [5.74, 6) is -0.599. The van der Waals surface area contributed by atoms with Crippen LogP contribution < -0.4 is 0 Å². The van der Waals surface area contributed by atoms with Crippen LogP contribution in [0.4, 0.5) is 0 Å². The molecule has 1 aliphatic rings. The zero-order chi connectivity index (χ0) is 10.8. The van der Waals surface area contributed by atoms with Crippen molar-refractivity contribution in [3.8, 4) is 0 Å². The molecule has 1 saturated heterocycles. The number of amides is 1. The fraction of sp³-hybridized carbons (Fsp3) is 0.333. The topological polar surface area (TPSA) is 37.4 Å². The summed E-state index contributed by atoms with van der Waals surface area (Å²) >= 11 is 0. The smallest absolute Gasteiger partial charge is 0.290 e. The second-order valence-corrected chi connectivity index (χ2v) is 3.89. The SMILES string of the molecule is Cc1ccc(CN2CCC(=O)C2=O)cc1. The van der Waals surface area contributed by atoms with Crippen molar-refractivity contribution in [3.63, 3.8) is 0 Å². The molecule has 1 amide bonds. The first-order valence-corrected chi connectivity index (χ1v) is 5.04. The largest absolute Gasteiger partial charge is 0.331 e. The Balaban J connectivity index is 2.06. The van der Waals surface area contributed by atoms with E-state index in [1.165, 1.54) is 5.56 Å². The van der Waals surface area contributed by atoms with Crippen LogP contribution in [0.1, 0.15) is 17.5 Å². The van der Waals surface area contributed by atoms with Gasteiger partial charge in [-0.1, -0.05) is 29.8 Å². The summed E-state index contributed by atoms with van der Waals surface area (Å²) in [5.41, 5.74) is 2.27. The summed E-state index contributed by atoms with van der Waals surface area (Å²) < 4.78 is 0. The van der Waals surface area contributed by atoms with Crippen molar-refractivity contribution >= 4 is 11.7 Å². The third-order valence-corrected chi connectivity index (χ3v) is 2.63. The summed E-state index contributed by atoms with van der Waals surface area (Å²) in [7, 11) is 0. The highest BCUT2D eigenvalue weighted by molar-refractivity contribution is 6.37. The predicted octanol–water partition coefficient (Wildman–Crippen LogP) is 1.30. The number of carbonyl (C=O) groups is 2. The van der Waals surface area contributed by atoms with E-state index in [2.05, 4.69) is 0 Å². The average molecular weight is 203 g/mol. The molecule has 0 saturated carbocycles. The van der Waals surface area contributed by atoms with E-state index in [0.717, 1.165) is 5.56 Å². The van der Waals surface area contributed by atoms with Crippen LogP contribution in [-0.2, 0) is 16.1 Å². The Morgan fingerprint density at radius 2 is 1.87 bits per heavy atom. The maximum absolute atomic E-state index is 11.4. The van der Waals surface area contributed by atoms with Gasteiger partial charge in [-0.3, -0.25) is 9.59 Å². The van der Waals surface area contributed by atoms with Crippen molar-refractivity contribution in [1.82, 2.24) is 4.90 Å². The molecule has 0 unspecified atom stereocenters. The van der Waals surface area contributed by atoms with Gasteiger partial charge in [0, 0.05) is 19.5 Å². The number of Topliss-reactive ketones (excluding diaryl/α,β-unsaturated/α-hetero) is 1. The van der Waals surface area contributed by atoms with Crippen molar-refractivity contribution in [3.05, 3.63) is 35.4 Å². The van der Waals surface area contributed by atoms with E-state index < -0.39 is 0 Å². The monoisotopic (exact) mass is 203 g/mol. The van der Waals surface area contributed by atoms with E-state index in [1.807, 2.05) is 31.2 Å². The van der Waals surface area contributed by atoms with Crippen molar-refractivity contribution < 1.29 is 9.59 Å². The molecule has 1 fully saturated rings. The van der Waals surface area contributed by atoms with Crippen LogP contribution in [0.3, 0.4) is 0 Å². The number of ketones is 1. The maximum Gasteiger partial charge on any atom is 0.290 e. The Hall–Kier alpha value is -1.64. The van der Waals surface area contributed by atoms with Crippen LogP contribution in [0, 0.1) is 6.92 Å². The molecule has 78 valence electrons. The minimum Gasteiger partial charge on any atom is -0.331 e. The first kappa shape index (κ1) is 9.90. The van der Waals surface area contributed by atoms with E-state index in [4.69, 9.17) is 0 Å². The number of hydrogen-bond acceptors (Lipinski definition) is 2. The van der Waals surface area contributed by atoms with Crippen molar-refractivity contribution in [2.75, 3.05) is 6.54 Å². The lowest BCUT2D eigenvalue weighted by molar-refractivity contribution is -0.140. The number of benzene rings is 1. The second-order valence-electron chi connectivity index (χ2n) is 3.89. The zero-order valence-electron chi connectivity index (χ0n) is 8.69. The summed E-state index contributed by atoms with van der Waals surface area (Å²) in [4.78, 5) is 24.0. The van der Waals surface area contributed by atoms with Gasteiger partial charge in [-0.25, -0.2) is 0 Å². The molecule has 1 heterocycles. The summed E-state index contributed by atoms with van der Waals surface area (Å²) in [5, 5.41) is 0. The normalized spacial score (nSPS) is 16.2. The highest BCUT2D eigenvalue weighted by atomic mass is 16.2. The van der Waals surface area contributed by atoms with Gasteiger partial charge in [0.2, 0.25) is 5.78 Å². The minimum atomic E-state index is -0.337. The van der Waals surface area contributed by atoms with Gasteiger partial charge in [0.25, 0.3) is 5.91 Å². The van der Waals surface area contributed by atoms with Gasteiger partial charge in [-0.2, -0.15) is 0 Å². The zero-order valence-corrected chi connectivity index (χ0v) is 8.69. The highest BCUT2D eigenvalue weighted by Gasteiger charge is 2.28. The van der Waals surface area contributed by atoms with Gasteiger partial charge >= 0.3 is 0 Å². The Kier molecular flexibility index (Phi) is 2.54. The number of hydrogen-bond donors (Lipinski definition) is 0. The molecular weight excluding hydrogens is 190 g/mol.